The van der Waals surface area contributed by atoms with Crippen molar-refractivity contribution in [2.75, 3.05) is 0 Å². The minimum atomic E-state index is -0.0875. The first-order valence-corrected chi connectivity index (χ1v) is 7.40. The summed E-state index contributed by atoms with van der Waals surface area (Å²) in [4.78, 5) is 0. The van der Waals surface area contributed by atoms with Crippen LogP contribution in [0.1, 0.15) is 48.1 Å². The molecule has 1 nitrogen and oxygen atoms in total. The maximum atomic E-state index is 6.38. The molecule has 0 heterocycles. The van der Waals surface area contributed by atoms with Crippen molar-refractivity contribution in [1.82, 2.24) is 0 Å². The molecule has 0 amide bonds. The summed E-state index contributed by atoms with van der Waals surface area (Å²) in [6, 6.07) is 14.7. The fourth-order valence-electron chi connectivity index (χ4n) is 2.18. The summed E-state index contributed by atoms with van der Waals surface area (Å²) in [6.45, 7) is 6.49. The Kier molecular flexibility index (Phi) is 4.43. The molecule has 0 saturated carbocycles. The van der Waals surface area contributed by atoms with Gasteiger partial charge in [0, 0.05) is 4.47 Å². The Balaban J connectivity index is 2.33. The molecule has 100 valence electrons. The standard InChI is InChI=1S/C17H20BrN/c1-11(2)13-7-9-14(10-8-13)17(19)15-6-4-5-12(3)16(15)18/h4-11,17H,19H2,1-3H3. The van der Waals surface area contributed by atoms with Gasteiger partial charge in [0.2, 0.25) is 0 Å². The summed E-state index contributed by atoms with van der Waals surface area (Å²) >= 11 is 3.64. The number of rotatable bonds is 3. The zero-order valence-corrected chi connectivity index (χ0v) is 13.2. The molecule has 2 heteroatoms. The lowest BCUT2D eigenvalue weighted by Crippen LogP contribution is -2.13. The van der Waals surface area contributed by atoms with Crippen LogP contribution in [0.3, 0.4) is 0 Å². The Morgan fingerprint density at radius 2 is 1.53 bits per heavy atom. The van der Waals surface area contributed by atoms with Crippen LogP contribution in [-0.4, -0.2) is 0 Å². The van der Waals surface area contributed by atoms with Crippen LogP contribution in [0.4, 0.5) is 0 Å². The minimum Gasteiger partial charge on any atom is -0.320 e. The highest BCUT2D eigenvalue weighted by molar-refractivity contribution is 9.10. The Morgan fingerprint density at radius 1 is 0.947 bits per heavy atom. The molecule has 0 saturated heterocycles. The van der Waals surface area contributed by atoms with E-state index in [1.54, 1.807) is 0 Å². The van der Waals surface area contributed by atoms with Crippen LogP contribution in [-0.2, 0) is 0 Å². The van der Waals surface area contributed by atoms with Crippen LogP contribution in [0.5, 0.6) is 0 Å². The highest BCUT2D eigenvalue weighted by Crippen LogP contribution is 2.29. The van der Waals surface area contributed by atoms with Crippen molar-refractivity contribution >= 4 is 15.9 Å². The summed E-state index contributed by atoms with van der Waals surface area (Å²) in [7, 11) is 0. The lowest BCUT2D eigenvalue weighted by molar-refractivity contribution is 0.844. The van der Waals surface area contributed by atoms with E-state index in [0.29, 0.717) is 5.92 Å². The first kappa shape index (κ1) is 14.3. The number of aryl methyl sites for hydroxylation is 1. The second-order valence-electron chi connectivity index (χ2n) is 5.28. The summed E-state index contributed by atoms with van der Waals surface area (Å²) in [5, 5.41) is 0. The number of hydrogen-bond acceptors (Lipinski definition) is 1. The Morgan fingerprint density at radius 3 is 2.11 bits per heavy atom. The zero-order valence-electron chi connectivity index (χ0n) is 11.7. The molecule has 0 bridgehead atoms. The third kappa shape index (κ3) is 3.07. The summed E-state index contributed by atoms with van der Waals surface area (Å²) in [5.41, 5.74) is 11.2. The Labute approximate surface area is 124 Å². The second-order valence-corrected chi connectivity index (χ2v) is 6.07. The van der Waals surface area contributed by atoms with Crippen molar-refractivity contribution in [3.8, 4) is 0 Å². The summed E-state index contributed by atoms with van der Waals surface area (Å²) < 4.78 is 1.11. The van der Waals surface area contributed by atoms with Gasteiger partial charge in [-0.2, -0.15) is 0 Å². The minimum absolute atomic E-state index is 0.0875. The average molecular weight is 318 g/mol. The van der Waals surface area contributed by atoms with Gasteiger partial charge in [0.1, 0.15) is 0 Å². The first-order valence-electron chi connectivity index (χ1n) is 6.61. The van der Waals surface area contributed by atoms with Crippen molar-refractivity contribution in [2.45, 2.75) is 32.7 Å². The third-order valence-corrected chi connectivity index (χ3v) is 4.60. The average Bonchev–Trinajstić information content (AvgIpc) is 2.41. The van der Waals surface area contributed by atoms with E-state index in [-0.39, 0.29) is 6.04 Å². The van der Waals surface area contributed by atoms with E-state index in [1.807, 2.05) is 0 Å². The summed E-state index contributed by atoms with van der Waals surface area (Å²) in [5.74, 6) is 0.552. The molecule has 2 N–H and O–H groups in total. The predicted octanol–water partition coefficient (Wildman–Crippen LogP) is 4.93. The number of nitrogens with two attached hydrogens (primary N) is 1. The molecule has 0 radical (unpaired) electrons. The van der Waals surface area contributed by atoms with E-state index in [2.05, 4.69) is 79.2 Å². The van der Waals surface area contributed by atoms with Crippen molar-refractivity contribution < 1.29 is 0 Å². The molecular formula is C17H20BrN. The van der Waals surface area contributed by atoms with Gasteiger partial charge < -0.3 is 5.73 Å². The number of halogens is 1. The monoisotopic (exact) mass is 317 g/mol. The van der Waals surface area contributed by atoms with E-state index < -0.39 is 0 Å². The molecule has 0 spiro atoms. The molecule has 0 aliphatic rings. The molecule has 1 unspecified atom stereocenters. The van der Waals surface area contributed by atoms with Gasteiger partial charge >= 0.3 is 0 Å². The number of hydrogen-bond donors (Lipinski definition) is 1. The van der Waals surface area contributed by atoms with E-state index >= 15 is 0 Å². The molecule has 0 fully saturated rings. The lowest BCUT2D eigenvalue weighted by atomic mass is 9.95. The van der Waals surface area contributed by atoms with Crippen LogP contribution >= 0.6 is 15.9 Å². The molecular weight excluding hydrogens is 298 g/mol. The van der Waals surface area contributed by atoms with E-state index in [9.17, 15) is 0 Å². The van der Waals surface area contributed by atoms with E-state index in [4.69, 9.17) is 5.73 Å². The van der Waals surface area contributed by atoms with Crippen LogP contribution in [0.15, 0.2) is 46.9 Å². The Bertz CT molecular complexity index is 558. The predicted molar refractivity (Wildman–Crippen MR) is 85.4 cm³/mol. The molecule has 2 aromatic rings. The molecule has 2 aromatic carbocycles. The third-order valence-electron chi connectivity index (χ3n) is 3.52. The highest BCUT2D eigenvalue weighted by atomic mass is 79.9. The molecule has 0 aromatic heterocycles. The first-order chi connectivity index (χ1) is 9.00. The van der Waals surface area contributed by atoms with Crippen molar-refractivity contribution in [2.24, 2.45) is 5.73 Å². The maximum absolute atomic E-state index is 6.38. The van der Waals surface area contributed by atoms with Gasteiger partial charge in [0.25, 0.3) is 0 Å². The van der Waals surface area contributed by atoms with E-state index in [1.165, 1.54) is 11.1 Å². The number of benzene rings is 2. The molecule has 0 aliphatic carbocycles. The fourth-order valence-corrected chi connectivity index (χ4v) is 2.69. The van der Waals surface area contributed by atoms with Crippen LogP contribution < -0.4 is 5.73 Å². The SMILES string of the molecule is Cc1cccc(C(N)c2ccc(C(C)C)cc2)c1Br. The topological polar surface area (TPSA) is 26.0 Å². The molecule has 2 rings (SSSR count). The maximum Gasteiger partial charge on any atom is 0.0562 e. The van der Waals surface area contributed by atoms with Gasteiger partial charge in [-0.3, -0.25) is 0 Å². The highest BCUT2D eigenvalue weighted by Gasteiger charge is 2.13. The quantitative estimate of drug-likeness (QED) is 0.853. The lowest BCUT2D eigenvalue weighted by Gasteiger charge is -2.16. The van der Waals surface area contributed by atoms with E-state index in [0.717, 1.165) is 15.6 Å². The normalized spacial score (nSPS) is 12.7. The zero-order chi connectivity index (χ0) is 14.0. The van der Waals surface area contributed by atoms with Gasteiger partial charge in [-0.25, -0.2) is 0 Å². The van der Waals surface area contributed by atoms with Gasteiger partial charge in [-0.05, 0) is 35.1 Å². The second kappa shape index (κ2) is 5.89. The van der Waals surface area contributed by atoms with Crippen LogP contribution in [0.2, 0.25) is 0 Å². The molecule has 1 atom stereocenters. The van der Waals surface area contributed by atoms with Gasteiger partial charge in [-0.15, -0.1) is 0 Å². The largest absolute Gasteiger partial charge is 0.320 e. The molecule has 0 aliphatic heterocycles. The van der Waals surface area contributed by atoms with Gasteiger partial charge in [-0.1, -0.05) is 72.2 Å². The molecule has 19 heavy (non-hydrogen) atoms. The van der Waals surface area contributed by atoms with Crippen LogP contribution in [0, 0.1) is 6.92 Å². The Hall–Kier alpha value is -1.12. The van der Waals surface area contributed by atoms with Crippen molar-refractivity contribution in [3.05, 3.63) is 69.2 Å². The van der Waals surface area contributed by atoms with Crippen molar-refractivity contribution in [1.29, 1.82) is 0 Å². The smallest absolute Gasteiger partial charge is 0.0562 e. The van der Waals surface area contributed by atoms with Gasteiger partial charge in [0.05, 0.1) is 6.04 Å². The van der Waals surface area contributed by atoms with Crippen LogP contribution in [0.25, 0.3) is 0 Å². The van der Waals surface area contributed by atoms with Crippen molar-refractivity contribution in [3.63, 3.8) is 0 Å². The fraction of sp³-hybridized carbons (Fsp3) is 0.294. The van der Waals surface area contributed by atoms with Gasteiger partial charge in [0.15, 0.2) is 0 Å². The summed E-state index contributed by atoms with van der Waals surface area (Å²) in [6.07, 6.45) is 0.